The van der Waals surface area contributed by atoms with Gasteiger partial charge in [0.1, 0.15) is 36.6 Å². The molecule has 4 aliphatic rings. The van der Waals surface area contributed by atoms with Gasteiger partial charge in [-0.15, -0.1) is 0 Å². The van der Waals surface area contributed by atoms with Gasteiger partial charge >= 0.3 is 11.8 Å². The van der Waals surface area contributed by atoms with E-state index in [1.165, 1.54) is 23.5 Å². The Bertz CT molecular complexity index is 4000. The Morgan fingerprint density at radius 1 is 0.621 bits per heavy atom. The highest BCUT2D eigenvalue weighted by atomic mass is 19.1. The van der Waals surface area contributed by atoms with Crippen LogP contribution in [0.4, 0.5) is 22.4 Å². The summed E-state index contributed by atoms with van der Waals surface area (Å²) in [5.74, 6) is -3.33. The van der Waals surface area contributed by atoms with E-state index >= 15 is 8.78 Å². The molecule has 2 N–H and O–H groups in total. The Hall–Kier alpha value is -8.94. The second-order valence-electron chi connectivity index (χ2n) is 24.9. The minimum Gasteiger partial charge on any atom is -0.443 e. The first kappa shape index (κ1) is 59.8. The minimum absolute atomic E-state index is 0.178. The number of para-hydroxylation sites is 3. The number of nitrogens with zero attached hydrogens (tertiary/aromatic N) is 7. The zero-order chi connectivity index (χ0) is 61.7. The van der Waals surface area contributed by atoms with E-state index in [0.29, 0.717) is 55.9 Å². The molecule has 8 aromatic rings. The number of rotatable bonds is 14. The fourth-order valence-corrected chi connectivity index (χ4v) is 11.9. The molecule has 452 valence electrons. The number of carbonyl (C=O) groups is 5. The van der Waals surface area contributed by atoms with Crippen molar-refractivity contribution in [3.63, 3.8) is 0 Å². The van der Waals surface area contributed by atoms with Gasteiger partial charge in [-0.2, -0.15) is 8.78 Å². The highest BCUT2D eigenvalue weighted by Crippen LogP contribution is 2.49. The molecule has 6 unspecified atom stereocenters. The lowest BCUT2D eigenvalue weighted by Crippen LogP contribution is -2.48. The molecule has 4 aromatic carbocycles. The van der Waals surface area contributed by atoms with Crippen molar-refractivity contribution in [2.45, 2.75) is 139 Å². The van der Waals surface area contributed by atoms with E-state index in [1.54, 1.807) is 143 Å². The summed E-state index contributed by atoms with van der Waals surface area (Å²) in [7, 11) is 1.62. The molecule has 20 heteroatoms. The number of hydrogen-bond acceptors (Lipinski definition) is 9. The number of ether oxygens (including phenoxy) is 1. The summed E-state index contributed by atoms with van der Waals surface area (Å²) in [6.07, 6.45) is -0.507. The summed E-state index contributed by atoms with van der Waals surface area (Å²) in [5.41, 5.74) is 3.65. The van der Waals surface area contributed by atoms with Gasteiger partial charge in [0.15, 0.2) is 0 Å². The van der Waals surface area contributed by atoms with Crippen molar-refractivity contribution in [2.24, 2.45) is 7.05 Å². The maximum Gasteiger partial charge on any atom is 0.419 e. The molecule has 2 aliphatic heterocycles. The van der Waals surface area contributed by atoms with Crippen LogP contribution in [0.5, 0.6) is 0 Å². The number of carbonyl (C=O) groups excluding carboxylic acids is 5. The highest BCUT2D eigenvalue weighted by molar-refractivity contribution is 5.94. The zero-order valence-electron chi connectivity index (χ0n) is 49.3. The number of fused-ring (bicyclic) bond motifs is 2. The molecule has 6 heterocycles. The predicted octanol–water partition coefficient (Wildman–Crippen LogP) is 10.2. The van der Waals surface area contributed by atoms with Crippen LogP contribution in [0.15, 0.2) is 144 Å². The first-order chi connectivity index (χ1) is 41.5. The molecule has 6 atom stereocenters. The van der Waals surface area contributed by atoms with Gasteiger partial charge in [-0.25, -0.2) is 32.9 Å². The Morgan fingerprint density at radius 2 is 1.07 bits per heavy atom. The van der Waals surface area contributed by atoms with Crippen molar-refractivity contribution >= 4 is 51.7 Å². The number of alkyl halides is 2. The number of aromatic nitrogens is 5. The molecule has 4 aromatic heterocycles. The molecule has 0 bridgehead atoms. The monoisotopic (exact) mass is 1190 g/mol. The highest BCUT2D eigenvalue weighted by Gasteiger charge is 2.45. The van der Waals surface area contributed by atoms with Gasteiger partial charge in [0.2, 0.25) is 35.5 Å². The van der Waals surface area contributed by atoms with Gasteiger partial charge in [0.05, 0.1) is 59.5 Å². The quantitative estimate of drug-likeness (QED) is 0.0791. The van der Waals surface area contributed by atoms with Crippen LogP contribution in [0.2, 0.25) is 0 Å². The molecule has 2 saturated carbocycles. The summed E-state index contributed by atoms with van der Waals surface area (Å²) >= 11 is 0. The summed E-state index contributed by atoms with van der Waals surface area (Å²) in [4.78, 5) is 91.7. The average molecular weight is 1190 g/mol. The number of likely N-dealkylation sites (tertiary alicyclic amines) is 2. The van der Waals surface area contributed by atoms with Crippen molar-refractivity contribution in [3.05, 3.63) is 201 Å². The van der Waals surface area contributed by atoms with E-state index in [4.69, 9.17) is 4.74 Å². The van der Waals surface area contributed by atoms with Crippen molar-refractivity contribution in [1.82, 2.24) is 44.1 Å². The second-order valence-corrected chi connectivity index (χ2v) is 24.9. The Balaban J connectivity index is 0.000000181. The van der Waals surface area contributed by atoms with Crippen molar-refractivity contribution < 1.29 is 46.3 Å². The molecule has 16 nitrogen and oxygen atoms in total. The lowest BCUT2D eigenvalue weighted by molar-refractivity contribution is -0.139. The van der Waals surface area contributed by atoms with Crippen molar-refractivity contribution in [1.29, 1.82) is 0 Å². The molecule has 12 rings (SSSR count). The predicted molar refractivity (Wildman–Crippen MR) is 319 cm³/mol. The fraction of sp³-hybridized carbons (Fsp3) is 0.373. The normalized spacial score (nSPS) is 19.9. The summed E-state index contributed by atoms with van der Waals surface area (Å²) in [6, 6.07) is 37.1. The van der Waals surface area contributed by atoms with Gasteiger partial charge in [0, 0.05) is 42.1 Å². The van der Waals surface area contributed by atoms with Crippen LogP contribution in [0.3, 0.4) is 0 Å². The Kier molecular flexibility index (Phi) is 16.3. The Morgan fingerprint density at radius 3 is 1.54 bits per heavy atom. The van der Waals surface area contributed by atoms with E-state index in [0.717, 1.165) is 31.1 Å². The van der Waals surface area contributed by atoms with E-state index in [2.05, 4.69) is 20.6 Å². The molecule has 87 heavy (non-hydrogen) atoms. The molecule has 2 aliphatic carbocycles. The lowest BCUT2D eigenvalue weighted by Gasteiger charge is -2.27. The molecule has 0 radical (unpaired) electrons. The number of imidazole rings is 1. The van der Waals surface area contributed by atoms with E-state index in [1.807, 2.05) is 38.1 Å². The lowest BCUT2D eigenvalue weighted by atomic mass is 9.97. The van der Waals surface area contributed by atoms with Crippen LogP contribution >= 0.6 is 0 Å². The second kappa shape index (κ2) is 23.7. The standard InChI is InChI=1S/C36H38F2N4O4.C31H31F2N5O3/c1-35(2,3)46-34(45)42-25(18-23-12-8-9-13-28(23)42)20-30(43)41-21-24(37)19-29(41)33(44)40-31(22-10-6-5-7-11-22)27-15-14-26(32(38)39-27)36(4)16-17-36;1-31(14-15-31)21-12-13-22(34-28(21)33)27(19-8-4-3-5-9-19)35-29(40)25-16-20(32)17-37(25)26(39)18-38-24-11-7-6-10-23(24)36(2)30(38)41/h5-15,18,24,29,31H,16-17,19-21H2,1-4H3,(H,40,44);3-13,20,25,27H,14-18H2,1-2H3,(H,35,40). The number of hydrogen-bond donors (Lipinski definition) is 2. The Labute approximate surface area is 500 Å². The number of halogens is 4. The first-order valence-electron chi connectivity index (χ1n) is 29.4. The van der Waals surface area contributed by atoms with Crippen LogP contribution in [0, 0.1) is 11.9 Å². The minimum atomic E-state index is -1.42. The van der Waals surface area contributed by atoms with E-state index in [-0.39, 0.29) is 55.4 Å². The SMILES string of the molecule is CC(C)(C)OC(=O)n1c(CC(=O)N2CC(F)CC2C(=O)NC(c2ccccc2)c2ccc(C3(C)CC3)c(F)n2)cc2ccccc21.Cn1c(=O)n(CC(=O)N2CC(F)CC2C(=O)NC(c2ccccc2)c2ccc(C3(C)CC3)c(F)n2)c2ccccc21. The van der Waals surface area contributed by atoms with Crippen LogP contribution in [0.25, 0.3) is 21.9 Å². The fourth-order valence-electron chi connectivity index (χ4n) is 11.9. The van der Waals surface area contributed by atoms with Crippen molar-refractivity contribution in [3.8, 4) is 0 Å². The summed E-state index contributed by atoms with van der Waals surface area (Å²) in [6.45, 7) is 8.40. The third-order valence-corrected chi connectivity index (χ3v) is 17.3. The first-order valence-corrected chi connectivity index (χ1v) is 29.4. The zero-order valence-corrected chi connectivity index (χ0v) is 49.3. The van der Waals surface area contributed by atoms with Crippen molar-refractivity contribution in [2.75, 3.05) is 13.1 Å². The molecule has 0 spiro atoms. The molecular formula is C67H69F4N9O7. The number of nitrogens with one attached hydrogen (secondary N) is 2. The molecule has 2 saturated heterocycles. The van der Waals surface area contributed by atoms with Crippen LogP contribution in [-0.2, 0) is 54.8 Å². The third kappa shape index (κ3) is 12.5. The van der Waals surface area contributed by atoms with Gasteiger partial charge < -0.3 is 25.2 Å². The number of aryl methyl sites for hydroxylation is 1. The smallest absolute Gasteiger partial charge is 0.419 e. The topological polar surface area (TPSA) is 183 Å². The summed E-state index contributed by atoms with van der Waals surface area (Å²) < 4.78 is 69.7. The van der Waals surface area contributed by atoms with Gasteiger partial charge in [-0.05, 0) is 105 Å². The largest absolute Gasteiger partial charge is 0.443 e. The third-order valence-electron chi connectivity index (χ3n) is 17.3. The van der Waals surface area contributed by atoms with Gasteiger partial charge in [-0.1, -0.05) is 117 Å². The van der Waals surface area contributed by atoms with Crippen LogP contribution in [0.1, 0.15) is 125 Å². The van der Waals surface area contributed by atoms with E-state index < -0.39 is 83.7 Å². The van der Waals surface area contributed by atoms with E-state index in [9.17, 15) is 37.5 Å². The molecular weight excluding hydrogens is 1120 g/mol. The number of benzene rings is 4. The van der Waals surface area contributed by atoms with Crippen LogP contribution in [-0.4, -0.2) is 106 Å². The molecule has 4 fully saturated rings. The maximum absolute atomic E-state index is 15.2. The average Bonchev–Trinajstić information content (AvgIpc) is 2.17. The van der Waals surface area contributed by atoms with Crippen LogP contribution < -0.4 is 16.3 Å². The number of pyridine rings is 2. The van der Waals surface area contributed by atoms with Gasteiger partial charge in [-0.3, -0.25) is 28.3 Å². The van der Waals surface area contributed by atoms with Gasteiger partial charge in [0.25, 0.3) is 0 Å². The summed E-state index contributed by atoms with van der Waals surface area (Å²) in [5, 5.41) is 6.57. The maximum atomic E-state index is 15.2. The number of amides is 4. The molecule has 4 amide bonds.